The minimum Gasteiger partial charge on any atom is -0.349 e. The van der Waals surface area contributed by atoms with Crippen molar-refractivity contribution in [2.75, 3.05) is 25.6 Å². The number of rotatable bonds is 4. The zero-order valence-electron chi connectivity index (χ0n) is 9.52. The lowest BCUT2D eigenvalue weighted by atomic mass is 10.3. The number of thioether (sulfide) groups is 2. The molecule has 0 radical (unpaired) electrons. The molecule has 0 fully saturated rings. The van der Waals surface area contributed by atoms with E-state index in [4.69, 9.17) is 0 Å². The van der Waals surface area contributed by atoms with Crippen molar-refractivity contribution in [3.05, 3.63) is 0 Å². The van der Waals surface area contributed by atoms with Gasteiger partial charge in [0.25, 0.3) is 0 Å². The second-order valence-corrected chi connectivity index (χ2v) is 6.15. The highest BCUT2D eigenvalue weighted by molar-refractivity contribution is 8.39. The van der Waals surface area contributed by atoms with Crippen molar-refractivity contribution in [2.24, 2.45) is 4.99 Å². The molecule has 0 aromatic heterocycles. The molecule has 1 atom stereocenters. The van der Waals surface area contributed by atoms with E-state index in [1.54, 1.807) is 30.8 Å². The van der Waals surface area contributed by atoms with Gasteiger partial charge in [-0.1, -0.05) is 23.5 Å². The van der Waals surface area contributed by atoms with E-state index in [2.05, 4.69) is 11.9 Å². The highest BCUT2D eigenvalue weighted by Crippen LogP contribution is 2.26. The molecule has 0 aliphatic carbocycles. The van der Waals surface area contributed by atoms with Crippen LogP contribution in [0.4, 0.5) is 0 Å². The van der Waals surface area contributed by atoms with Crippen LogP contribution in [0.25, 0.3) is 0 Å². The molecule has 15 heavy (non-hydrogen) atoms. The summed E-state index contributed by atoms with van der Waals surface area (Å²) < 4.78 is 1.19. The Balaban J connectivity index is 2.07. The number of nitrogens with zero attached hydrogens (tertiary/aromatic N) is 2. The van der Waals surface area contributed by atoms with E-state index >= 15 is 0 Å². The van der Waals surface area contributed by atoms with Gasteiger partial charge in [0, 0.05) is 32.0 Å². The first-order valence-electron chi connectivity index (χ1n) is 5.13. The van der Waals surface area contributed by atoms with Gasteiger partial charge in [0.1, 0.15) is 4.38 Å². The van der Waals surface area contributed by atoms with Crippen molar-refractivity contribution in [3.8, 4) is 0 Å². The summed E-state index contributed by atoms with van der Waals surface area (Å²) in [5.74, 6) is 2.32. The molecular formula is C10H18N2OS2. The lowest BCUT2D eigenvalue weighted by Crippen LogP contribution is -2.21. The van der Waals surface area contributed by atoms with Crippen LogP contribution in [0, 0.1) is 0 Å². The number of carbonyl (C=O) groups is 1. The highest BCUT2D eigenvalue weighted by Gasteiger charge is 2.13. The van der Waals surface area contributed by atoms with E-state index in [0.29, 0.717) is 12.5 Å². The third-order valence-electron chi connectivity index (χ3n) is 2.03. The van der Waals surface area contributed by atoms with Crippen molar-refractivity contribution < 1.29 is 4.79 Å². The second-order valence-electron chi connectivity index (χ2n) is 3.80. The van der Waals surface area contributed by atoms with Crippen molar-refractivity contribution in [2.45, 2.75) is 25.8 Å². The third kappa shape index (κ3) is 4.93. The molecule has 1 rings (SSSR count). The minimum absolute atomic E-state index is 0.213. The average Bonchev–Trinajstić information content (AvgIpc) is 2.58. The molecule has 86 valence electrons. The Bertz CT molecular complexity index is 254. The topological polar surface area (TPSA) is 32.7 Å². The molecule has 0 bridgehead atoms. The fraction of sp³-hybridized carbons (Fsp3) is 0.800. The van der Waals surface area contributed by atoms with Gasteiger partial charge in [-0.3, -0.25) is 9.79 Å². The molecule has 1 aliphatic heterocycles. The van der Waals surface area contributed by atoms with Crippen LogP contribution in [-0.2, 0) is 4.79 Å². The zero-order chi connectivity index (χ0) is 11.3. The quantitative estimate of drug-likeness (QED) is 0.712. The van der Waals surface area contributed by atoms with Gasteiger partial charge < -0.3 is 4.90 Å². The highest BCUT2D eigenvalue weighted by atomic mass is 32.2. The first-order chi connectivity index (χ1) is 7.09. The summed E-state index contributed by atoms with van der Waals surface area (Å²) in [5.41, 5.74) is 0. The van der Waals surface area contributed by atoms with Crippen molar-refractivity contribution in [1.29, 1.82) is 0 Å². The van der Waals surface area contributed by atoms with E-state index in [1.807, 2.05) is 11.8 Å². The van der Waals surface area contributed by atoms with Crippen molar-refractivity contribution in [3.63, 3.8) is 0 Å². The Labute approximate surface area is 100 Å². The summed E-state index contributed by atoms with van der Waals surface area (Å²) in [6.45, 7) is 2.14. The van der Waals surface area contributed by atoms with E-state index in [0.717, 1.165) is 17.9 Å². The number of carbonyl (C=O) groups excluding carboxylic acids is 1. The lowest BCUT2D eigenvalue weighted by Gasteiger charge is -2.09. The molecule has 0 N–H and O–H groups in total. The largest absolute Gasteiger partial charge is 0.349 e. The summed E-state index contributed by atoms with van der Waals surface area (Å²) in [5, 5.41) is 0. The van der Waals surface area contributed by atoms with Gasteiger partial charge in [-0.15, -0.1) is 0 Å². The number of hydrogen-bond donors (Lipinski definition) is 0. The number of amides is 1. The minimum atomic E-state index is 0.213. The van der Waals surface area contributed by atoms with Gasteiger partial charge in [-0.05, 0) is 13.3 Å². The SMILES string of the molecule is C[C@@H]1CSC(SCCCC(=O)N(C)C)=N1. The summed E-state index contributed by atoms with van der Waals surface area (Å²) in [4.78, 5) is 17.4. The van der Waals surface area contributed by atoms with E-state index in [1.165, 1.54) is 4.38 Å². The predicted molar refractivity (Wildman–Crippen MR) is 69.7 cm³/mol. The summed E-state index contributed by atoms with van der Waals surface area (Å²) in [6, 6.07) is 0.473. The van der Waals surface area contributed by atoms with E-state index in [-0.39, 0.29) is 5.91 Å². The lowest BCUT2D eigenvalue weighted by molar-refractivity contribution is -0.128. The Kier molecular flexibility index (Phi) is 5.53. The molecule has 3 nitrogen and oxygen atoms in total. The number of hydrogen-bond acceptors (Lipinski definition) is 4. The van der Waals surface area contributed by atoms with Crippen LogP contribution in [-0.4, -0.2) is 46.8 Å². The van der Waals surface area contributed by atoms with Crippen LogP contribution in [0.1, 0.15) is 19.8 Å². The molecular weight excluding hydrogens is 228 g/mol. The second kappa shape index (κ2) is 6.43. The Morgan fingerprint density at radius 3 is 2.93 bits per heavy atom. The standard InChI is InChI=1S/C10H18N2OS2/c1-8-7-15-10(11-8)14-6-4-5-9(13)12(2)3/h8H,4-7H2,1-3H3/t8-/m1/s1. The normalized spacial score (nSPS) is 20.2. The van der Waals surface area contributed by atoms with Crippen molar-refractivity contribution >= 4 is 33.8 Å². The van der Waals surface area contributed by atoms with Gasteiger partial charge in [0.05, 0.1) is 6.04 Å². The molecule has 1 aliphatic rings. The maximum absolute atomic E-state index is 11.3. The Morgan fingerprint density at radius 1 is 1.67 bits per heavy atom. The van der Waals surface area contributed by atoms with Crippen molar-refractivity contribution in [1.82, 2.24) is 4.90 Å². The van der Waals surface area contributed by atoms with Crippen LogP contribution >= 0.6 is 23.5 Å². The first kappa shape index (κ1) is 12.9. The molecule has 0 spiro atoms. The van der Waals surface area contributed by atoms with Crippen LogP contribution in [0.15, 0.2) is 4.99 Å². The first-order valence-corrected chi connectivity index (χ1v) is 7.10. The number of aliphatic imine (C=N–C) groups is 1. The predicted octanol–water partition coefficient (Wildman–Crippen LogP) is 2.08. The van der Waals surface area contributed by atoms with E-state index in [9.17, 15) is 4.79 Å². The summed E-state index contributed by atoms with van der Waals surface area (Å²) in [7, 11) is 3.60. The molecule has 0 saturated heterocycles. The molecule has 0 saturated carbocycles. The monoisotopic (exact) mass is 246 g/mol. The van der Waals surface area contributed by atoms with Gasteiger partial charge in [0.15, 0.2) is 0 Å². The van der Waals surface area contributed by atoms with Crippen LogP contribution < -0.4 is 0 Å². The molecule has 1 amide bonds. The van der Waals surface area contributed by atoms with Gasteiger partial charge in [-0.2, -0.15) is 0 Å². The van der Waals surface area contributed by atoms with Crippen LogP contribution in [0.3, 0.4) is 0 Å². The third-order valence-corrected chi connectivity index (χ3v) is 4.59. The smallest absolute Gasteiger partial charge is 0.222 e. The maximum Gasteiger partial charge on any atom is 0.222 e. The molecule has 1 heterocycles. The summed E-state index contributed by atoms with van der Waals surface area (Å²) in [6.07, 6.45) is 1.59. The maximum atomic E-state index is 11.3. The van der Waals surface area contributed by atoms with E-state index < -0.39 is 0 Å². The van der Waals surface area contributed by atoms with Crippen LogP contribution in [0.5, 0.6) is 0 Å². The molecule has 0 unspecified atom stereocenters. The van der Waals surface area contributed by atoms with Gasteiger partial charge in [-0.25, -0.2) is 0 Å². The van der Waals surface area contributed by atoms with Crippen LogP contribution in [0.2, 0.25) is 0 Å². The fourth-order valence-electron chi connectivity index (χ4n) is 1.13. The molecule has 0 aromatic rings. The Hall–Kier alpha value is -0.160. The zero-order valence-corrected chi connectivity index (χ0v) is 11.2. The summed E-state index contributed by atoms with van der Waals surface area (Å²) >= 11 is 3.62. The van der Waals surface area contributed by atoms with Gasteiger partial charge >= 0.3 is 0 Å². The average molecular weight is 246 g/mol. The molecule has 0 aromatic carbocycles. The molecule has 5 heteroatoms. The Morgan fingerprint density at radius 2 is 2.40 bits per heavy atom. The fourth-order valence-corrected chi connectivity index (χ4v) is 3.35. The van der Waals surface area contributed by atoms with Gasteiger partial charge in [0.2, 0.25) is 5.91 Å².